The molecule has 1 atom stereocenters. The molecule has 2 aromatic carbocycles. The molecule has 6 heteroatoms. The minimum Gasteiger partial charge on any atom is -0.325 e. The van der Waals surface area contributed by atoms with E-state index in [9.17, 15) is 9.59 Å². The fourth-order valence-corrected chi connectivity index (χ4v) is 2.78. The highest BCUT2D eigenvalue weighted by Crippen LogP contribution is 2.17. The van der Waals surface area contributed by atoms with Crippen molar-refractivity contribution in [2.75, 3.05) is 16.4 Å². The number of carbonyl (C=O) groups is 2. The lowest BCUT2D eigenvalue weighted by Gasteiger charge is -2.12. The summed E-state index contributed by atoms with van der Waals surface area (Å²) in [6.45, 7) is 3.74. The van der Waals surface area contributed by atoms with Gasteiger partial charge in [-0.3, -0.25) is 9.59 Å². The minimum absolute atomic E-state index is 0.128. The van der Waals surface area contributed by atoms with Crippen molar-refractivity contribution in [2.45, 2.75) is 19.1 Å². The van der Waals surface area contributed by atoms with Crippen LogP contribution in [0.25, 0.3) is 0 Å². The van der Waals surface area contributed by atoms with E-state index in [-0.39, 0.29) is 22.8 Å². The molecule has 2 rings (SSSR count). The zero-order chi connectivity index (χ0) is 17.5. The zero-order valence-electron chi connectivity index (χ0n) is 13.5. The summed E-state index contributed by atoms with van der Waals surface area (Å²) in [6.07, 6.45) is 0. The Balaban J connectivity index is 1.79. The van der Waals surface area contributed by atoms with E-state index in [0.29, 0.717) is 10.7 Å². The number of halogens is 1. The number of anilines is 2. The van der Waals surface area contributed by atoms with Crippen molar-refractivity contribution in [3.05, 3.63) is 59.1 Å². The number of hydrogen-bond donors (Lipinski definition) is 2. The molecule has 0 bridgehead atoms. The zero-order valence-corrected chi connectivity index (χ0v) is 15.1. The second kappa shape index (κ2) is 8.76. The Labute approximate surface area is 151 Å². The first-order valence-corrected chi connectivity index (χ1v) is 8.91. The summed E-state index contributed by atoms with van der Waals surface area (Å²) < 4.78 is 0. The molecule has 0 fully saturated rings. The summed E-state index contributed by atoms with van der Waals surface area (Å²) in [5, 5.41) is 5.90. The van der Waals surface area contributed by atoms with Gasteiger partial charge >= 0.3 is 0 Å². The van der Waals surface area contributed by atoms with Crippen LogP contribution in [0.15, 0.2) is 48.5 Å². The Morgan fingerprint density at radius 2 is 1.79 bits per heavy atom. The lowest BCUT2D eigenvalue weighted by atomic mass is 10.2. The van der Waals surface area contributed by atoms with Crippen molar-refractivity contribution in [3.63, 3.8) is 0 Å². The first-order valence-electron chi connectivity index (χ1n) is 7.48. The number of carbonyl (C=O) groups excluding carboxylic acids is 2. The van der Waals surface area contributed by atoms with Gasteiger partial charge in [0.05, 0.1) is 11.0 Å². The molecule has 0 aliphatic heterocycles. The average molecular weight is 363 g/mol. The molecule has 126 valence electrons. The third kappa shape index (κ3) is 5.91. The van der Waals surface area contributed by atoms with E-state index in [4.69, 9.17) is 11.6 Å². The second-order valence-electron chi connectivity index (χ2n) is 5.37. The molecule has 0 aliphatic rings. The summed E-state index contributed by atoms with van der Waals surface area (Å²) in [7, 11) is 0. The van der Waals surface area contributed by atoms with Crippen LogP contribution in [-0.4, -0.2) is 22.8 Å². The molecule has 0 aliphatic carbocycles. The Morgan fingerprint density at radius 1 is 1.08 bits per heavy atom. The topological polar surface area (TPSA) is 58.2 Å². The summed E-state index contributed by atoms with van der Waals surface area (Å²) >= 11 is 7.10. The summed E-state index contributed by atoms with van der Waals surface area (Å²) in [5.41, 5.74) is 2.52. The largest absolute Gasteiger partial charge is 0.325 e. The fourth-order valence-electron chi connectivity index (χ4n) is 1.97. The van der Waals surface area contributed by atoms with Gasteiger partial charge in [-0.2, -0.15) is 0 Å². The number of hydrogen-bond acceptors (Lipinski definition) is 3. The maximum Gasteiger partial charge on any atom is 0.237 e. The first kappa shape index (κ1) is 18.4. The van der Waals surface area contributed by atoms with E-state index >= 15 is 0 Å². The molecular formula is C18H19ClN2O2S. The molecule has 4 nitrogen and oxygen atoms in total. The van der Waals surface area contributed by atoms with Crippen LogP contribution in [0.5, 0.6) is 0 Å². The smallest absolute Gasteiger partial charge is 0.237 e. The average Bonchev–Trinajstić information content (AvgIpc) is 2.54. The molecule has 24 heavy (non-hydrogen) atoms. The Bertz CT molecular complexity index is 719. The van der Waals surface area contributed by atoms with E-state index in [1.165, 1.54) is 11.8 Å². The van der Waals surface area contributed by atoms with E-state index in [2.05, 4.69) is 10.6 Å². The van der Waals surface area contributed by atoms with Crippen molar-refractivity contribution in [1.29, 1.82) is 0 Å². The molecule has 2 aromatic rings. The predicted molar refractivity (Wildman–Crippen MR) is 102 cm³/mol. The van der Waals surface area contributed by atoms with Crippen LogP contribution in [-0.2, 0) is 9.59 Å². The molecule has 2 amide bonds. The van der Waals surface area contributed by atoms with Crippen molar-refractivity contribution < 1.29 is 9.59 Å². The molecule has 0 heterocycles. The maximum atomic E-state index is 12.1. The monoisotopic (exact) mass is 362 g/mol. The van der Waals surface area contributed by atoms with Gasteiger partial charge in [0.25, 0.3) is 0 Å². The maximum absolute atomic E-state index is 12.1. The van der Waals surface area contributed by atoms with Crippen molar-refractivity contribution in [1.82, 2.24) is 0 Å². The van der Waals surface area contributed by atoms with E-state index < -0.39 is 0 Å². The third-order valence-electron chi connectivity index (χ3n) is 3.25. The number of amides is 2. The molecule has 0 spiro atoms. The van der Waals surface area contributed by atoms with Crippen LogP contribution in [0.3, 0.4) is 0 Å². The summed E-state index contributed by atoms with van der Waals surface area (Å²) in [6, 6.07) is 14.5. The van der Waals surface area contributed by atoms with E-state index in [1.807, 2.05) is 31.2 Å². The predicted octanol–water partition coefficient (Wildman–Crippen LogP) is 4.35. The quantitative estimate of drug-likeness (QED) is 0.803. The van der Waals surface area contributed by atoms with Crippen molar-refractivity contribution in [3.8, 4) is 0 Å². The fraction of sp³-hybridized carbons (Fsp3) is 0.222. The first-order chi connectivity index (χ1) is 11.4. The molecule has 0 saturated heterocycles. The van der Waals surface area contributed by atoms with Crippen LogP contribution in [0, 0.1) is 6.92 Å². The van der Waals surface area contributed by atoms with Crippen molar-refractivity contribution >= 4 is 46.6 Å². The van der Waals surface area contributed by atoms with E-state index in [1.54, 1.807) is 31.2 Å². The number of nitrogens with one attached hydrogen (secondary N) is 2. The number of aryl methyl sites for hydroxylation is 1. The SMILES string of the molecule is Cc1cccc(NC(=O)CS[C@@H](C)C(=O)Nc2ccc(Cl)cc2)c1. The highest BCUT2D eigenvalue weighted by atomic mass is 35.5. The molecule has 0 aromatic heterocycles. The van der Waals surface area contributed by atoms with Crippen LogP contribution in [0.2, 0.25) is 5.02 Å². The lowest BCUT2D eigenvalue weighted by molar-refractivity contribution is -0.115. The van der Waals surface area contributed by atoms with Crippen LogP contribution in [0.4, 0.5) is 11.4 Å². The minimum atomic E-state index is -0.344. The number of benzene rings is 2. The van der Waals surface area contributed by atoms with Gasteiger partial charge in [0, 0.05) is 16.4 Å². The van der Waals surface area contributed by atoms with Crippen LogP contribution < -0.4 is 10.6 Å². The normalized spacial score (nSPS) is 11.6. The van der Waals surface area contributed by atoms with Gasteiger partial charge in [0.2, 0.25) is 11.8 Å². The highest BCUT2D eigenvalue weighted by Gasteiger charge is 2.15. The van der Waals surface area contributed by atoms with Gasteiger partial charge in [0.1, 0.15) is 0 Å². The lowest BCUT2D eigenvalue weighted by Crippen LogP contribution is -2.25. The highest BCUT2D eigenvalue weighted by molar-refractivity contribution is 8.01. The number of thioether (sulfide) groups is 1. The summed E-state index contributed by atoms with van der Waals surface area (Å²) in [4.78, 5) is 24.1. The van der Waals surface area contributed by atoms with Gasteiger partial charge in [-0.1, -0.05) is 23.7 Å². The van der Waals surface area contributed by atoms with Crippen LogP contribution >= 0.6 is 23.4 Å². The molecule has 0 saturated carbocycles. The molecule has 0 unspecified atom stereocenters. The van der Waals surface area contributed by atoms with Crippen LogP contribution in [0.1, 0.15) is 12.5 Å². The Morgan fingerprint density at radius 3 is 2.46 bits per heavy atom. The molecule has 0 radical (unpaired) electrons. The van der Waals surface area contributed by atoms with Gasteiger partial charge in [-0.05, 0) is 55.8 Å². The standard InChI is InChI=1S/C18H19ClN2O2S/c1-12-4-3-5-16(10-12)20-17(22)11-24-13(2)18(23)21-15-8-6-14(19)7-9-15/h3-10,13H,11H2,1-2H3,(H,20,22)(H,21,23)/t13-/m0/s1. The van der Waals surface area contributed by atoms with Gasteiger partial charge in [-0.15, -0.1) is 11.8 Å². The van der Waals surface area contributed by atoms with E-state index in [0.717, 1.165) is 11.3 Å². The Kier molecular flexibility index (Phi) is 6.70. The number of rotatable bonds is 6. The second-order valence-corrected chi connectivity index (χ2v) is 7.13. The molecular weight excluding hydrogens is 344 g/mol. The van der Waals surface area contributed by atoms with Gasteiger partial charge < -0.3 is 10.6 Å². The molecule has 2 N–H and O–H groups in total. The van der Waals surface area contributed by atoms with Gasteiger partial charge in [0.15, 0.2) is 0 Å². The van der Waals surface area contributed by atoms with Crippen molar-refractivity contribution in [2.24, 2.45) is 0 Å². The van der Waals surface area contributed by atoms with Gasteiger partial charge in [-0.25, -0.2) is 0 Å². The summed E-state index contributed by atoms with van der Waals surface area (Å²) in [5.74, 6) is -0.0641. The Hall–Kier alpha value is -1.98. The third-order valence-corrected chi connectivity index (χ3v) is 4.64.